The molecule has 0 aromatic carbocycles. The third-order valence-electron chi connectivity index (χ3n) is 3.50. The zero-order valence-electron chi connectivity index (χ0n) is 12.2. The molecule has 2 heterocycles. The van der Waals surface area contributed by atoms with Crippen LogP contribution in [0.4, 0.5) is 0 Å². The van der Waals surface area contributed by atoms with Crippen LogP contribution in [0, 0.1) is 6.92 Å². The van der Waals surface area contributed by atoms with Gasteiger partial charge in [0.25, 0.3) is 0 Å². The smallest absolute Gasteiger partial charge is 0.152 e. The highest BCUT2D eigenvalue weighted by atomic mass is 15.3. The van der Waals surface area contributed by atoms with Gasteiger partial charge in [0.15, 0.2) is 5.82 Å². The van der Waals surface area contributed by atoms with Crippen LogP contribution >= 0.6 is 0 Å². The summed E-state index contributed by atoms with van der Waals surface area (Å²) >= 11 is 0. The Hall–Kier alpha value is -1.62. The van der Waals surface area contributed by atoms with E-state index in [4.69, 9.17) is 0 Å². The zero-order valence-corrected chi connectivity index (χ0v) is 12.2. The molecule has 0 saturated carbocycles. The molecule has 0 spiro atoms. The number of rotatable bonds is 6. The molecule has 104 valence electrons. The van der Waals surface area contributed by atoms with Gasteiger partial charge in [-0.15, -0.1) is 10.2 Å². The molecular weight excluding hydrogens is 238 g/mol. The SMILES string of the molecule is CCCNC(C)c1cccn1Cc1nnc(C)n1C. The highest BCUT2D eigenvalue weighted by Crippen LogP contribution is 2.15. The van der Waals surface area contributed by atoms with Crippen molar-refractivity contribution in [2.45, 2.75) is 39.8 Å². The van der Waals surface area contributed by atoms with E-state index in [9.17, 15) is 0 Å². The standard InChI is InChI=1S/C14H23N5/c1-5-8-15-11(2)13-7-6-9-19(13)10-14-17-16-12(3)18(14)4/h6-7,9,11,15H,5,8,10H2,1-4H3. The summed E-state index contributed by atoms with van der Waals surface area (Å²) in [4.78, 5) is 0. The molecular formula is C14H23N5. The van der Waals surface area contributed by atoms with E-state index in [2.05, 4.69) is 52.3 Å². The van der Waals surface area contributed by atoms with Crippen molar-refractivity contribution in [3.05, 3.63) is 35.7 Å². The molecule has 0 aliphatic rings. The number of nitrogens with zero attached hydrogens (tertiary/aromatic N) is 4. The van der Waals surface area contributed by atoms with Crippen molar-refractivity contribution >= 4 is 0 Å². The van der Waals surface area contributed by atoms with Gasteiger partial charge in [0.05, 0.1) is 6.54 Å². The first-order chi connectivity index (χ1) is 9.13. The normalized spacial score (nSPS) is 12.8. The Morgan fingerprint density at radius 1 is 1.37 bits per heavy atom. The van der Waals surface area contributed by atoms with Crippen LogP contribution in [0.15, 0.2) is 18.3 Å². The Kier molecular flexibility index (Phi) is 4.37. The van der Waals surface area contributed by atoms with Gasteiger partial charge < -0.3 is 14.5 Å². The van der Waals surface area contributed by atoms with E-state index in [1.54, 1.807) is 0 Å². The van der Waals surface area contributed by atoms with Crippen LogP contribution in [0.3, 0.4) is 0 Å². The summed E-state index contributed by atoms with van der Waals surface area (Å²) in [6.07, 6.45) is 3.25. The van der Waals surface area contributed by atoms with E-state index in [1.807, 2.05) is 18.5 Å². The van der Waals surface area contributed by atoms with Crippen molar-refractivity contribution in [3.63, 3.8) is 0 Å². The van der Waals surface area contributed by atoms with Crippen molar-refractivity contribution in [1.82, 2.24) is 24.6 Å². The summed E-state index contributed by atoms with van der Waals surface area (Å²) in [5, 5.41) is 11.8. The molecule has 0 bridgehead atoms. The quantitative estimate of drug-likeness (QED) is 0.865. The van der Waals surface area contributed by atoms with Crippen LogP contribution in [-0.2, 0) is 13.6 Å². The Balaban J connectivity index is 2.13. The van der Waals surface area contributed by atoms with Crippen molar-refractivity contribution in [2.75, 3.05) is 6.54 Å². The second-order valence-electron chi connectivity index (χ2n) is 4.96. The lowest BCUT2D eigenvalue weighted by Gasteiger charge is -2.16. The number of aryl methyl sites for hydroxylation is 1. The van der Waals surface area contributed by atoms with Crippen LogP contribution in [0.1, 0.15) is 43.7 Å². The van der Waals surface area contributed by atoms with Gasteiger partial charge >= 0.3 is 0 Å². The van der Waals surface area contributed by atoms with E-state index in [-0.39, 0.29) is 0 Å². The lowest BCUT2D eigenvalue weighted by Crippen LogP contribution is -2.22. The average molecular weight is 261 g/mol. The molecule has 0 fully saturated rings. The summed E-state index contributed by atoms with van der Waals surface area (Å²) in [6, 6.07) is 4.60. The minimum absolute atomic E-state index is 0.351. The molecule has 1 N–H and O–H groups in total. The minimum atomic E-state index is 0.351. The van der Waals surface area contributed by atoms with Crippen molar-refractivity contribution in [1.29, 1.82) is 0 Å². The first-order valence-electron chi connectivity index (χ1n) is 6.86. The molecule has 0 saturated heterocycles. The molecule has 2 aromatic rings. The second-order valence-corrected chi connectivity index (χ2v) is 4.96. The fraction of sp³-hybridized carbons (Fsp3) is 0.571. The Labute approximate surface area is 114 Å². The number of nitrogens with one attached hydrogen (secondary N) is 1. The van der Waals surface area contributed by atoms with Gasteiger partial charge in [0.1, 0.15) is 5.82 Å². The summed E-state index contributed by atoms with van der Waals surface area (Å²) in [7, 11) is 2.01. The van der Waals surface area contributed by atoms with Crippen LogP contribution in [0.25, 0.3) is 0 Å². The third kappa shape index (κ3) is 3.04. The van der Waals surface area contributed by atoms with Gasteiger partial charge in [-0.1, -0.05) is 6.92 Å². The maximum atomic E-state index is 4.22. The highest BCUT2D eigenvalue weighted by Gasteiger charge is 2.12. The molecule has 19 heavy (non-hydrogen) atoms. The molecule has 0 amide bonds. The maximum absolute atomic E-state index is 4.22. The molecule has 1 atom stereocenters. The van der Waals surface area contributed by atoms with Crippen molar-refractivity contribution in [2.24, 2.45) is 7.05 Å². The average Bonchev–Trinajstić information content (AvgIpc) is 2.98. The van der Waals surface area contributed by atoms with E-state index >= 15 is 0 Å². The highest BCUT2D eigenvalue weighted by molar-refractivity contribution is 5.13. The maximum Gasteiger partial charge on any atom is 0.152 e. The second kappa shape index (κ2) is 6.02. The van der Waals surface area contributed by atoms with Gasteiger partial charge in [-0.05, 0) is 38.9 Å². The summed E-state index contributed by atoms with van der Waals surface area (Å²) < 4.78 is 4.27. The lowest BCUT2D eigenvalue weighted by molar-refractivity contribution is 0.528. The molecule has 1 unspecified atom stereocenters. The molecule has 0 aliphatic carbocycles. The molecule has 5 heteroatoms. The van der Waals surface area contributed by atoms with Gasteiger partial charge in [-0.25, -0.2) is 0 Å². The van der Waals surface area contributed by atoms with Crippen molar-refractivity contribution < 1.29 is 0 Å². The predicted molar refractivity (Wildman–Crippen MR) is 76.0 cm³/mol. The topological polar surface area (TPSA) is 47.7 Å². The Bertz CT molecular complexity index is 526. The zero-order chi connectivity index (χ0) is 13.8. The predicted octanol–water partition coefficient (Wildman–Crippen LogP) is 2.03. The van der Waals surface area contributed by atoms with Crippen LogP contribution in [-0.4, -0.2) is 25.9 Å². The first-order valence-corrected chi connectivity index (χ1v) is 6.86. The Morgan fingerprint density at radius 2 is 2.16 bits per heavy atom. The van der Waals surface area contributed by atoms with Crippen LogP contribution in [0.5, 0.6) is 0 Å². The van der Waals surface area contributed by atoms with Gasteiger partial charge in [-0.2, -0.15) is 0 Å². The lowest BCUT2D eigenvalue weighted by atomic mass is 10.2. The summed E-state index contributed by atoms with van der Waals surface area (Å²) in [5.41, 5.74) is 1.29. The summed E-state index contributed by atoms with van der Waals surface area (Å²) in [6.45, 7) is 8.15. The monoisotopic (exact) mass is 261 g/mol. The van der Waals surface area contributed by atoms with Crippen molar-refractivity contribution in [3.8, 4) is 0 Å². The Morgan fingerprint density at radius 3 is 2.79 bits per heavy atom. The third-order valence-corrected chi connectivity index (χ3v) is 3.50. The summed E-state index contributed by atoms with van der Waals surface area (Å²) in [5.74, 6) is 1.93. The minimum Gasteiger partial charge on any atom is -0.342 e. The first kappa shape index (κ1) is 13.8. The molecule has 0 radical (unpaired) electrons. The van der Waals surface area contributed by atoms with Gasteiger partial charge in [-0.3, -0.25) is 0 Å². The molecule has 2 rings (SSSR count). The molecule has 0 aliphatic heterocycles. The van der Waals surface area contributed by atoms with Crippen LogP contribution in [0.2, 0.25) is 0 Å². The number of aromatic nitrogens is 4. The fourth-order valence-electron chi connectivity index (χ4n) is 2.17. The van der Waals surface area contributed by atoms with Crippen LogP contribution < -0.4 is 5.32 Å². The largest absolute Gasteiger partial charge is 0.342 e. The fourth-order valence-corrected chi connectivity index (χ4v) is 2.17. The van der Waals surface area contributed by atoms with E-state index in [1.165, 1.54) is 5.69 Å². The van der Waals surface area contributed by atoms with E-state index in [0.717, 1.165) is 31.2 Å². The number of hydrogen-bond acceptors (Lipinski definition) is 3. The van der Waals surface area contributed by atoms with Gasteiger partial charge in [0.2, 0.25) is 0 Å². The van der Waals surface area contributed by atoms with E-state index in [0.29, 0.717) is 6.04 Å². The molecule has 5 nitrogen and oxygen atoms in total. The molecule has 2 aromatic heterocycles. The van der Waals surface area contributed by atoms with Gasteiger partial charge in [0, 0.05) is 25.0 Å². The van der Waals surface area contributed by atoms with E-state index < -0.39 is 0 Å². The number of hydrogen-bond donors (Lipinski definition) is 1.